The van der Waals surface area contributed by atoms with E-state index in [-0.39, 0.29) is 24.4 Å². The minimum Gasteiger partial charge on any atom is -0.480 e. The van der Waals surface area contributed by atoms with Gasteiger partial charge in [-0.2, -0.15) is 0 Å². The maximum atomic E-state index is 13.2. The maximum Gasteiger partial charge on any atom is 0.329 e. The quantitative estimate of drug-likeness (QED) is 0.577. The third-order valence-corrected chi connectivity index (χ3v) is 2.87. The van der Waals surface area contributed by atoms with Crippen molar-refractivity contribution in [2.24, 2.45) is 0 Å². The normalized spacial score (nSPS) is 11.0. The number of aliphatic carboxylic acids is 1. The molecule has 0 heterocycles. The van der Waals surface area contributed by atoms with Gasteiger partial charge in [0.1, 0.15) is 12.4 Å². The van der Waals surface area contributed by atoms with E-state index in [0.29, 0.717) is 0 Å². The first-order chi connectivity index (χ1) is 10.2. The van der Waals surface area contributed by atoms with E-state index < -0.39 is 34.3 Å². The van der Waals surface area contributed by atoms with Crippen molar-refractivity contribution in [3.8, 4) is 0 Å². The monoisotopic (exact) mass is 334 g/mol. The van der Waals surface area contributed by atoms with Gasteiger partial charge >= 0.3 is 5.97 Å². The number of carboxylic acid groups (broad SMARTS) is 1. The van der Waals surface area contributed by atoms with Crippen molar-refractivity contribution in [2.45, 2.75) is 0 Å². The van der Waals surface area contributed by atoms with Crippen LogP contribution in [0.5, 0.6) is 0 Å². The molecule has 10 heteroatoms. The smallest absolute Gasteiger partial charge is 0.329 e. The van der Waals surface area contributed by atoms with Gasteiger partial charge in [-0.05, 0) is 18.2 Å². The van der Waals surface area contributed by atoms with Crippen LogP contribution in [0, 0.1) is 5.82 Å². The number of nitrogens with one attached hydrogen (secondary N) is 2. The third kappa shape index (κ3) is 6.50. The molecular formula is C12H15FN2O6S. The predicted octanol–water partition coefficient (Wildman–Crippen LogP) is 0.0282. The molecule has 0 aliphatic carbocycles. The highest BCUT2D eigenvalue weighted by Crippen LogP contribution is 2.18. The Kier molecular flexibility index (Phi) is 6.25. The molecule has 1 amide bonds. The van der Waals surface area contributed by atoms with Gasteiger partial charge in [0.2, 0.25) is 10.0 Å². The number of rotatable bonds is 8. The number of anilines is 1. The minimum absolute atomic E-state index is 0.0130. The Hall–Kier alpha value is -2.20. The van der Waals surface area contributed by atoms with Gasteiger partial charge in [0, 0.05) is 6.54 Å². The number of hydrogen-bond acceptors (Lipinski definition) is 5. The van der Waals surface area contributed by atoms with E-state index >= 15 is 0 Å². The van der Waals surface area contributed by atoms with Crippen LogP contribution >= 0.6 is 0 Å². The fourth-order valence-corrected chi connectivity index (χ4v) is 2.06. The number of benzene rings is 1. The van der Waals surface area contributed by atoms with Gasteiger partial charge in [-0.15, -0.1) is 0 Å². The highest BCUT2D eigenvalue weighted by molar-refractivity contribution is 7.92. The molecule has 122 valence electrons. The Balaban J connectivity index is 2.71. The highest BCUT2D eigenvalue weighted by atomic mass is 32.2. The summed E-state index contributed by atoms with van der Waals surface area (Å²) in [6.07, 6.45) is 0.901. The van der Waals surface area contributed by atoms with Crippen LogP contribution in [-0.4, -0.2) is 51.4 Å². The van der Waals surface area contributed by atoms with Crippen LogP contribution in [0.4, 0.5) is 10.1 Å². The first-order valence-corrected chi connectivity index (χ1v) is 7.93. The average Bonchev–Trinajstić information content (AvgIpc) is 2.38. The number of ether oxygens (including phenoxy) is 1. The van der Waals surface area contributed by atoms with Crippen molar-refractivity contribution in [1.82, 2.24) is 5.32 Å². The lowest BCUT2D eigenvalue weighted by Crippen LogP contribution is -2.29. The Labute approximate surface area is 126 Å². The summed E-state index contributed by atoms with van der Waals surface area (Å²) in [5.41, 5.74) is -0.253. The average molecular weight is 334 g/mol. The molecule has 0 unspecified atom stereocenters. The highest BCUT2D eigenvalue weighted by Gasteiger charge is 2.15. The van der Waals surface area contributed by atoms with Crippen LogP contribution in [0.15, 0.2) is 18.2 Å². The molecule has 0 aliphatic heterocycles. The Bertz CT molecular complexity index is 662. The molecule has 0 radical (unpaired) electrons. The molecule has 1 rings (SSSR count). The number of halogens is 1. The van der Waals surface area contributed by atoms with Crippen LogP contribution in [0.1, 0.15) is 10.4 Å². The largest absolute Gasteiger partial charge is 0.480 e. The summed E-state index contributed by atoms with van der Waals surface area (Å²) in [7, 11) is -3.63. The molecule has 0 bridgehead atoms. The molecule has 0 saturated carbocycles. The van der Waals surface area contributed by atoms with Crippen molar-refractivity contribution in [3.05, 3.63) is 29.6 Å². The van der Waals surface area contributed by atoms with Crippen LogP contribution in [0.2, 0.25) is 0 Å². The fraction of sp³-hybridized carbons (Fsp3) is 0.333. The first kappa shape index (κ1) is 17.9. The van der Waals surface area contributed by atoms with Crippen molar-refractivity contribution >= 4 is 27.6 Å². The number of hydrogen-bond donors (Lipinski definition) is 3. The minimum atomic E-state index is -3.63. The van der Waals surface area contributed by atoms with Crippen molar-refractivity contribution in [2.75, 3.05) is 30.7 Å². The molecule has 0 aliphatic rings. The molecular weight excluding hydrogens is 319 g/mol. The molecule has 0 spiro atoms. The van der Waals surface area contributed by atoms with Crippen molar-refractivity contribution in [1.29, 1.82) is 0 Å². The van der Waals surface area contributed by atoms with E-state index in [1.54, 1.807) is 0 Å². The summed E-state index contributed by atoms with van der Waals surface area (Å²) in [4.78, 5) is 22.1. The van der Waals surface area contributed by atoms with Gasteiger partial charge in [0.25, 0.3) is 5.91 Å². The molecule has 22 heavy (non-hydrogen) atoms. The molecule has 0 atom stereocenters. The third-order valence-electron chi connectivity index (χ3n) is 2.28. The van der Waals surface area contributed by atoms with Gasteiger partial charge in [-0.1, -0.05) is 0 Å². The maximum absolute atomic E-state index is 13.2. The predicted molar refractivity (Wildman–Crippen MR) is 75.7 cm³/mol. The molecule has 1 aromatic carbocycles. The lowest BCUT2D eigenvalue weighted by Gasteiger charge is -2.11. The van der Waals surface area contributed by atoms with Crippen LogP contribution in [-0.2, 0) is 19.6 Å². The van der Waals surface area contributed by atoms with E-state index in [0.717, 1.165) is 24.5 Å². The fourth-order valence-electron chi connectivity index (χ4n) is 1.48. The zero-order valence-electron chi connectivity index (χ0n) is 11.6. The number of amides is 1. The molecule has 0 aromatic heterocycles. The van der Waals surface area contributed by atoms with E-state index in [1.165, 1.54) is 0 Å². The van der Waals surface area contributed by atoms with Gasteiger partial charge in [-0.3, -0.25) is 9.52 Å². The SMILES string of the molecule is CS(=O)(=O)Nc1ccc(F)cc1C(=O)NCCOCC(=O)O. The van der Waals surface area contributed by atoms with Crippen LogP contribution in [0.3, 0.4) is 0 Å². The van der Waals surface area contributed by atoms with Gasteiger partial charge < -0.3 is 15.2 Å². The summed E-state index contributed by atoms with van der Waals surface area (Å²) in [5.74, 6) is -2.56. The Morgan fingerprint density at radius 3 is 2.64 bits per heavy atom. The van der Waals surface area contributed by atoms with Gasteiger partial charge in [0.15, 0.2) is 0 Å². The second-order valence-corrected chi connectivity index (χ2v) is 6.01. The van der Waals surface area contributed by atoms with Crippen LogP contribution < -0.4 is 10.0 Å². The van der Waals surface area contributed by atoms with Crippen LogP contribution in [0.25, 0.3) is 0 Å². The van der Waals surface area contributed by atoms with E-state index in [2.05, 4.69) is 10.0 Å². The summed E-state index contributed by atoms with van der Waals surface area (Å²) in [5, 5.41) is 10.7. The Morgan fingerprint density at radius 2 is 2.05 bits per heavy atom. The first-order valence-electron chi connectivity index (χ1n) is 6.04. The van der Waals surface area contributed by atoms with E-state index in [4.69, 9.17) is 9.84 Å². The lowest BCUT2D eigenvalue weighted by atomic mass is 10.1. The Morgan fingerprint density at radius 1 is 1.36 bits per heavy atom. The zero-order chi connectivity index (χ0) is 16.8. The molecule has 3 N–H and O–H groups in total. The lowest BCUT2D eigenvalue weighted by molar-refractivity contribution is -0.142. The molecule has 8 nitrogen and oxygen atoms in total. The van der Waals surface area contributed by atoms with Crippen molar-refractivity contribution in [3.63, 3.8) is 0 Å². The number of sulfonamides is 1. The van der Waals surface area contributed by atoms with E-state index in [9.17, 15) is 22.4 Å². The number of carbonyl (C=O) groups is 2. The molecule has 1 aromatic rings. The molecule has 0 saturated heterocycles. The van der Waals surface area contributed by atoms with Gasteiger partial charge in [-0.25, -0.2) is 17.6 Å². The summed E-state index contributed by atoms with van der Waals surface area (Å²) < 4.78 is 42.5. The summed E-state index contributed by atoms with van der Waals surface area (Å²) >= 11 is 0. The summed E-state index contributed by atoms with van der Waals surface area (Å²) in [6, 6.07) is 3.04. The second-order valence-electron chi connectivity index (χ2n) is 4.27. The standard InChI is InChI=1S/C12H15FN2O6S/c1-22(19,20)15-10-3-2-8(13)6-9(10)12(18)14-4-5-21-7-11(16)17/h2-3,6,15H,4-5,7H2,1H3,(H,14,18)(H,16,17). The topological polar surface area (TPSA) is 122 Å². The zero-order valence-corrected chi connectivity index (χ0v) is 12.4. The van der Waals surface area contributed by atoms with Crippen molar-refractivity contribution < 1.29 is 32.2 Å². The van der Waals surface area contributed by atoms with E-state index in [1.807, 2.05) is 0 Å². The van der Waals surface area contributed by atoms with Gasteiger partial charge in [0.05, 0.1) is 24.1 Å². The second kappa shape index (κ2) is 7.71. The molecule has 0 fully saturated rings. The number of carbonyl (C=O) groups excluding carboxylic acids is 1. The summed E-state index contributed by atoms with van der Waals surface area (Å²) in [6.45, 7) is -0.570. The number of carboxylic acids is 1.